The highest BCUT2D eigenvalue weighted by atomic mass is 16.5. The van der Waals surface area contributed by atoms with Crippen LogP contribution in [0.5, 0.6) is 0 Å². The zero-order chi connectivity index (χ0) is 13.5. The molecule has 0 rings (SSSR count). The van der Waals surface area contributed by atoms with Gasteiger partial charge in [0.15, 0.2) is 0 Å². The predicted octanol–water partition coefficient (Wildman–Crippen LogP) is 2.42. The summed E-state index contributed by atoms with van der Waals surface area (Å²) in [7, 11) is 0. The van der Waals surface area contributed by atoms with Crippen LogP contribution in [0, 0.1) is 0 Å². The van der Waals surface area contributed by atoms with E-state index in [1.165, 1.54) is 12.8 Å². The molecule has 0 bridgehead atoms. The fraction of sp³-hybridized carbons (Fsp3) is 0.929. The molecule has 4 heteroatoms. The topological polar surface area (TPSA) is 66.8 Å². The Morgan fingerprint density at radius 1 is 0.722 bits per heavy atom. The van der Waals surface area contributed by atoms with E-state index in [2.05, 4.69) is 0 Å². The van der Waals surface area contributed by atoms with E-state index in [1.54, 1.807) is 0 Å². The molecule has 0 fully saturated rings. The third-order valence-corrected chi connectivity index (χ3v) is 2.85. The molecule has 108 valence electrons. The molecule has 0 aliphatic rings. The summed E-state index contributed by atoms with van der Waals surface area (Å²) in [6.07, 6.45) is 9.44. The number of carbonyl (C=O) groups is 1. The van der Waals surface area contributed by atoms with Gasteiger partial charge in [0.1, 0.15) is 0 Å². The summed E-state index contributed by atoms with van der Waals surface area (Å²) in [6, 6.07) is 0. The number of carbonyl (C=O) groups excluding carboxylic acids is 1. The third kappa shape index (κ3) is 13.5. The minimum absolute atomic E-state index is 0.117. The van der Waals surface area contributed by atoms with Crippen molar-refractivity contribution in [1.82, 2.24) is 0 Å². The van der Waals surface area contributed by atoms with Gasteiger partial charge >= 0.3 is 5.97 Å². The lowest BCUT2D eigenvalue weighted by atomic mass is 10.1. The Morgan fingerprint density at radius 2 is 1.22 bits per heavy atom. The van der Waals surface area contributed by atoms with Crippen LogP contribution in [0.15, 0.2) is 0 Å². The van der Waals surface area contributed by atoms with E-state index < -0.39 is 0 Å². The van der Waals surface area contributed by atoms with E-state index in [4.69, 9.17) is 14.9 Å². The second kappa shape index (κ2) is 14.5. The van der Waals surface area contributed by atoms with Crippen molar-refractivity contribution < 1.29 is 19.7 Å². The molecule has 0 aromatic heterocycles. The second-order valence-corrected chi connectivity index (χ2v) is 4.60. The van der Waals surface area contributed by atoms with Gasteiger partial charge in [0.2, 0.25) is 0 Å². The van der Waals surface area contributed by atoms with Gasteiger partial charge in [-0.05, 0) is 25.7 Å². The zero-order valence-corrected chi connectivity index (χ0v) is 11.4. The van der Waals surface area contributed by atoms with E-state index in [-0.39, 0.29) is 12.6 Å². The number of rotatable bonds is 13. The van der Waals surface area contributed by atoms with Crippen LogP contribution in [0.4, 0.5) is 0 Å². The summed E-state index contributed by atoms with van der Waals surface area (Å²) in [6.45, 7) is 0.885. The minimum atomic E-state index is -0.117. The number of aliphatic hydroxyl groups excluding tert-OH is 2. The Balaban J connectivity index is 3.10. The number of hydrogen-bond donors (Lipinski definition) is 2. The first-order valence-electron chi connectivity index (χ1n) is 7.18. The molecule has 0 aromatic rings. The zero-order valence-electron chi connectivity index (χ0n) is 11.4. The number of hydrogen-bond acceptors (Lipinski definition) is 4. The van der Waals surface area contributed by atoms with Gasteiger partial charge in [-0.15, -0.1) is 0 Å². The lowest BCUT2D eigenvalue weighted by molar-refractivity contribution is -0.143. The molecule has 0 unspecified atom stereocenters. The molecular formula is C14H28O4. The Labute approximate surface area is 110 Å². The Kier molecular flexibility index (Phi) is 14.0. The summed E-state index contributed by atoms with van der Waals surface area (Å²) in [5.74, 6) is -0.117. The Hall–Kier alpha value is -0.610. The molecule has 0 aliphatic carbocycles. The van der Waals surface area contributed by atoms with Crippen LogP contribution >= 0.6 is 0 Å². The minimum Gasteiger partial charge on any atom is -0.466 e. The van der Waals surface area contributed by atoms with Crippen LogP contribution in [0.2, 0.25) is 0 Å². The van der Waals surface area contributed by atoms with Gasteiger partial charge in [-0.1, -0.05) is 32.1 Å². The van der Waals surface area contributed by atoms with Crippen LogP contribution in [-0.2, 0) is 9.53 Å². The fourth-order valence-corrected chi connectivity index (χ4v) is 1.74. The second-order valence-electron chi connectivity index (χ2n) is 4.60. The molecule has 0 saturated heterocycles. The average Bonchev–Trinajstić information content (AvgIpc) is 2.38. The van der Waals surface area contributed by atoms with Crippen molar-refractivity contribution in [3.05, 3.63) is 0 Å². The summed E-state index contributed by atoms with van der Waals surface area (Å²) >= 11 is 0. The van der Waals surface area contributed by atoms with Gasteiger partial charge in [0, 0.05) is 19.6 Å². The SMILES string of the molecule is O=C(CCCCCCCCCO)OCCCCO. The van der Waals surface area contributed by atoms with Crippen molar-refractivity contribution in [3.8, 4) is 0 Å². The first kappa shape index (κ1) is 17.4. The molecule has 0 heterocycles. The molecule has 4 nitrogen and oxygen atoms in total. The Morgan fingerprint density at radius 3 is 1.83 bits per heavy atom. The summed E-state index contributed by atoms with van der Waals surface area (Å²) in [4.78, 5) is 11.3. The number of aliphatic hydroxyl groups is 2. The quantitative estimate of drug-likeness (QED) is 0.394. The van der Waals surface area contributed by atoms with E-state index in [0.717, 1.165) is 38.5 Å². The number of ether oxygens (including phenoxy) is 1. The summed E-state index contributed by atoms with van der Waals surface area (Å²) < 4.78 is 5.03. The number of unbranched alkanes of at least 4 members (excludes halogenated alkanes) is 7. The first-order chi connectivity index (χ1) is 8.81. The van der Waals surface area contributed by atoms with Crippen molar-refractivity contribution in [2.24, 2.45) is 0 Å². The normalized spacial score (nSPS) is 10.6. The van der Waals surface area contributed by atoms with Crippen LogP contribution in [0.25, 0.3) is 0 Å². The monoisotopic (exact) mass is 260 g/mol. The molecule has 18 heavy (non-hydrogen) atoms. The van der Waals surface area contributed by atoms with Gasteiger partial charge in [-0.2, -0.15) is 0 Å². The molecule has 0 radical (unpaired) electrons. The molecule has 0 amide bonds. The van der Waals surface area contributed by atoms with Crippen molar-refractivity contribution >= 4 is 5.97 Å². The van der Waals surface area contributed by atoms with Gasteiger partial charge in [0.05, 0.1) is 6.61 Å². The van der Waals surface area contributed by atoms with E-state index in [9.17, 15) is 4.79 Å². The maximum absolute atomic E-state index is 11.3. The van der Waals surface area contributed by atoms with Crippen LogP contribution < -0.4 is 0 Å². The highest BCUT2D eigenvalue weighted by Gasteiger charge is 2.02. The maximum Gasteiger partial charge on any atom is 0.305 e. The van der Waals surface area contributed by atoms with E-state index in [1.807, 2.05) is 0 Å². The summed E-state index contributed by atoms with van der Waals surface area (Å²) in [5, 5.41) is 17.2. The van der Waals surface area contributed by atoms with E-state index in [0.29, 0.717) is 26.1 Å². The van der Waals surface area contributed by atoms with Gasteiger partial charge < -0.3 is 14.9 Å². The lowest BCUT2D eigenvalue weighted by Gasteiger charge is -2.04. The standard InChI is InChI=1S/C14H28O4/c15-11-7-5-3-1-2-4-6-10-14(17)18-13-9-8-12-16/h15-16H,1-13H2. The van der Waals surface area contributed by atoms with Gasteiger partial charge in [-0.3, -0.25) is 4.79 Å². The molecular weight excluding hydrogens is 232 g/mol. The van der Waals surface area contributed by atoms with Crippen LogP contribution in [-0.4, -0.2) is 36.0 Å². The molecule has 0 saturated carbocycles. The van der Waals surface area contributed by atoms with Crippen molar-refractivity contribution in [1.29, 1.82) is 0 Å². The van der Waals surface area contributed by atoms with Crippen molar-refractivity contribution in [2.75, 3.05) is 19.8 Å². The van der Waals surface area contributed by atoms with Gasteiger partial charge in [0.25, 0.3) is 0 Å². The highest BCUT2D eigenvalue weighted by molar-refractivity contribution is 5.69. The molecule has 0 atom stereocenters. The third-order valence-electron chi connectivity index (χ3n) is 2.85. The fourth-order valence-electron chi connectivity index (χ4n) is 1.74. The van der Waals surface area contributed by atoms with Crippen LogP contribution in [0.1, 0.15) is 64.2 Å². The highest BCUT2D eigenvalue weighted by Crippen LogP contribution is 2.08. The van der Waals surface area contributed by atoms with E-state index >= 15 is 0 Å². The lowest BCUT2D eigenvalue weighted by Crippen LogP contribution is -2.06. The predicted molar refractivity (Wildman–Crippen MR) is 71.3 cm³/mol. The van der Waals surface area contributed by atoms with Crippen molar-refractivity contribution in [2.45, 2.75) is 64.2 Å². The molecule has 0 aromatic carbocycles. The largest absolute Gasteiger partial charge is 0.466 e. The van der Waals surface area contributed by atoms with Crippen LogP contribution in [0.3, 0.4) is 0 Å². The van der Waals surface area contributed by atoms with Crippen molar-refractivity contribution in [3.63, 3.8) is 0 Å². The summed E-state index contributed by atoms with van der Waals surface area (Å²) in [5.41, 5.74) is 0. The first-order valence-corrected chi connectivity index (χ1v) is 7.18. The molecule has 2 N–H and O–H groups in total. The maximum atomic E-state index is 11.3. The average molecular weight is 260 g/mol. The Bertz CT molecular complexity index is 183. The smallest absolute Gasteiger partial charge is 0.305 e. The molecule has 0 spiro atoms. The molecule has 0 aliphatic heterocycles. The number of esters is 1. The van der Waals surface area contributed by atoms with Gasteiger partial charge in [-0.25, -0.2) is 0 Å².